The van der Waals surface area contributed by atoms with Crippen molar-refractivity contribution in [2.24, 2.45) is 0 Å². The maximum absolute atomic E-state index is 14.2. The molecule has 2 aromatic carbocycles. The lowest BCUT2D eigenvalue weighted by molar-refractivity contribution is 0.171. The fourth-order valence-corrected chi connectivity index (χ4v) is 3.83. The summed E-state index contributed by atoms with van der Waals surface area (Å²) in [5.74, 6) is 0.622. The zero-order chi connectivity index (χ0) is 20.1. The van der Waals surface area contributed by atoms with Crippen LogP contribution in [0.15, 0.2) is 54.6 Å². The van der Waals surface area contributed by atoms with Gasteiger partial charge < -0.3 is 9.64 Å². The van der Waals surface area contributed by atoms with Crippen LogP contribution in [-0.2, 0) is 11.3 Å². The van der Waals surface area contributed by atoms with E-state index in [0.717, 1.165) is 37.6 Å². The maximum atomic E-state index is 14.2. The van der Waals surface area contributed by atoms with E-state index in [2.05, 4.69) is 37.5 Å². The summed E-state index contributed by atoms with van der Waals surface area (Å²) < 4.78 is 21.2. The Morgan fingerprint density at radius 2 is 1.72 bits per heavy atom. The summed E-state index contributed by atoms with van der Waals surface area (Å²) in [5, 5.41) is 12.4. The van der Waals surface area contributed by atoms with Crippen molar-refractivity contribution in [2.75, 3.05) is 44.8 Å². The Labute approximate surface area is 169 Å². The summed E-state index contributed by atoms with van der Waals surface area (Å²) >= 11 is 0. The number of rotatable bonds is 7. The Bertz CT molecular complexity index is 910. The van der Waals surface area contributed by atoms with E-state index in [1.54, 1.807) is 13.2 Å². The SMILES string of the molecule is COCCn1nnnc1[C@@H](c1ccccc1)N1CCN(c2ccccc2F)CC1. The van der Waals surface area contributed by atoms with Crippen LogP contribution < -0.4 is 4.90 Å². The van der Waals surface area contributed by atoms with E-state index in [1.165, 1.54) is 6.07 Å². The lowest BCUT2D eigenvalue weighted by atomic mass is 10.0. The van der Waals surface area contributed by atoms with Gasteiger partial charge in [-0.15, -0.1) is 5.10 Å². The molecule has 29 heavy (non-hydrogen) atoms. The molecule has 7 nitrogen and oxygen atoms in total. The molecule has 0 unspecified atom stereocenters. The zero-order valence-electron chi connectivity index (χ0n) is 16.5. The molecule has 1 aliphatic rings. The van der Waals surface area contributed by atoms with Gasteiger partial charge in [-0.3, -0.25) is 4.90 Å². The second-order valence-electron chi connectivity index (χ2n) is 7.04. The van der Waals surface area contributed by atoms with E-state index < -0.39 is 0 Å². The van der Waals surface area contributed by atoms with Crippen LogP contribution in [0.3, 0.4) is 0 Å². The summed E-state index contributed by atoms with van der Waals surface area (Å²) in [6.45, 7) is 4.18. The van der Waals surface area contributed by atoms with Gasteiger partial charge in [0.1, 0.15) is 5.82 Å². The number of para-hydroxylation sites is 1. The largest absolute Gasteiger partial charge is 0.383 e. The monoisotopic (exact) mass is 396 g/mol. The topological polar surface area (TPSA) is 59.3 Å². The maximum Gasteiger partial charge on any atom is 0.173 e. The first-order valence-electron chi connectivity index (χ1n) is 9.81. The first-order chi connectivity index (χ1) is 14.3. The minimum absolute atomic E-state index is 0.0640. The molecule has 2 heterocycles. The molecule has 0 aliphatic carbocycles. The number of methoxy groups -OCH3 is 1. The Morgan fingerprint density at radius 1 is 1.00 bits per heavy atom. The molecule has 0 bridgehead atoms. The van der Waals surface area contributed by atoms with E-state index in [9.17, 15) is 4.39 Å². The van der Waals surface area contributed by atoms with E-state index in [-0.39, 0.29) is 11.9 Å². The molecular formula is C21H25FN6O. The molecule has 0 N–H and O–H groups in total. The van der Waals surface area contributed by atoms with Crippen LogP contribution >= 0.6 is 0 Å². The number of halogens is 1. The standard InChI is InChI=1S/C21H25FN6O/c1-29-16-15-28-21(23-24-25-28)20(17-7-3-2-4-8-17)27-13-11-26(12-14-27)19-10-6-5-9-18(19)22/h2-10,20H,11-16H2,1H3/t20-/m1/s1. The van der Waals surface area contributed by atoms with Crippen molar-refractivity contribution in [2.45, 2.75) is 12.6 Å². The highest BCUT2D eigenvalue weighted by molar-refractivity contribution is 5.48. The summed E-state index contributed by atoms with van der Waals surface area (Å²) in [4.78, 5) is 4.46. The highest BCUT2D eigenvalue weighted by Gasteiger charge is 2.31. The lowest BCUT2D eigenvalue weighted by Gasteiger charge is -2.40. The number of aromatic nitrogens is 4. The van der Waals surface area contributed by atoms with Crippen molar-refractivity contribution < 1.29 is 9.13 Å². The van der Waals surface area contributed by atoms with Gasteiger partial charge in [0.05, 0.1) is 24.9 Å². The Morgan fingerprint density at radius 3 is 2.45 bits per heavy atom. The molecule has 1 saturated heterocycles. The molecule has 4 rings (SSSR count). The quantitative estimate of drug-likeness (QED) is 0.611. The van der Waals surface area contributed by atoms with Crippen LogP contribution in [0.5, 0.6) is 0 Å². The first kappa shape index (κ1) is 19.5. The number of tetrazole rings is 1. The fourth-order valence-electron chi connectivity index (χ4n) is 3.83. The Balaban J connectivity index is 1.57. The average molecular weight is 396 g/mol. The van der Waals surface area contributed by atoms with E-state index in [0.29, 0.717) is 18.8 Å². The van der Waals surface area contributed by atoms with Gasteiger partial charge in [0.2, 0.25) is 0 Å². The lowest BCUT2D eigenvalue weighted by Crippen LogP contribution is -2.48. The summed E-state index contributed by atoms with van der Waals surface area (Å²) in [6.07, 6.45) is 0. The third-order valence-electron chi connectivity index (χ3n) is 5.30. The minimum atomic E-state index is -0.177. The Kier molecular flexibility index (Phi) is 6.12. The van der Waals surface area contributed by atoms with E-state index in [1.807, 2.05) is 35.0 Å². The van der Waals surface area contributed by atoms with Gasteiger partial charge in [0.25, 0.3) is 0 Å². The minimum Gasteiger partial charge on any atom is -0.383 e. The van der Waals surface area contributed by atoms with Crippen LogP contribution in [0.25, 0.3) is 0 Å². The third-order valence-corrected chi connectivity index (χ3v) is 5.30. The number of hydrogen-bond acceptors (Lipinski definition) is 6. The van der Waals surface area contributed by atoms with Crippen LogP contribution in [0.4, 0.5) is 10.1 Å². The van der Waals surface area contributed by atoms with E-state index >= 15 is 0 Å². The molecule has 152 valence electrons. The molecule has 1 aromatic heterocycles. The summed E-state index contributed by atoms with van der Waals surface area (Å²) in [7, 11) is 1.67. The van der Waals surface area contributed by atoms with E-state index in [4.69, 9.17) is 4.74 Å². The fraction of sp³-hybridized carbons (Fsp3) is 0.381. The smallest absolute Gasteiger partial charge is 0.173 e. The third kappa shape index (κ3) is 4.28. The number of hydrogen-bond donors (Lipinski definition) is 0. The van der Waals surface area contributed by atoms with Crippen LogP contribution in [0.2, 0.25) is 0 Å². The summed E-state index contributed by atoms with van der Waals surface area (Å²) in [5.41, 5.74) is 1.80. The van der Waals surface area contributed by atoms with Crippen molar-refractivity contribution in [1.82, 2.24) is 25.1 Å². The zero-order valence-corrected chi connectivity index (χ0v) is 16.5. The van der Waals surface area contributed by atoms with Crippen molar-refractivity contribution >= 4 is 5.69 Å². The van der Waals surface area contributed by atoms with Gasteiger partial charge in [-0.2, -0.15) is 0 Å². The van der Waals surface area contributed by atoms with Gasteiger partial charge in [-0.05, 0) is 28.1 Å². The molecule has 1 atom stereocenters. The first-order valence-corrected chi connectivity index (χ1v) is 9.81. The van der Waals surface area contributed by atoms with Crippen molar-refractivity contribution in [3.8, 4) is 0 Å². The summed E-state index contributed by atoms with van der Waals surface area (Å²) in [6, 6.07) is 17.1. The predicted molar refractivity (Wildman–Crippen MR) is 108 cm³/mol. The van der Waals surface area contributed by atoms with Crippen LogP contribution in [0.1, 0.15) is 17.4 Å². The van der Waals surface area contributed by atoms with Crippen LogP contribution in [-0.4, -0.2) is 65.0 Å². The number of anilines is 1. The van der Waals surface area contributed by atoms with Crippen molar-refractivity contribution in [3.63, 3.8) is 0 Å². The van der Waals surface area contributed by atoms with Crippen molar-refractivity contribution in [3.05, 3.63) is 71.8 Å². The number of nitrogens with zero attached hydrogens (tertiary/aromatic N) is 6. The highest BCUT2D eigenvalue weighted by Crippen LogP contribution is 2.29. The molecule has 0 saturated carbocycles. The van der Waals surface area contributed by atoms with Gasteiger partial charge in [-0.25, -0.2) is 9.07 Å². The van der Waals surface area contributed by atoms with Gasteiger partial charge >= 0.3 is 0 Å². The molecule has 8 heteroatoms. The molecular weight excluding hydrogens is 371 g/mol. The van der Waals surface area contributed by atoms with Gasteiger partial charge in [0.15, 0.2) is 5.82 Å². The molecule has 0 radical (unpaired) electrons. The number of ether oxygens (including phenoxy) is 1. The van der Waals surface area contributed by atoms with Crippen LogP contribution in [0, 0.1) is 5.82 Å². The van der Waals surface area contributed by atoms with Gasteiger partial charge in [-0.1, -0.05) is 42.5 Å². The predicted octanol–water partition coefficient (Wildman–Crippen LogP) is 2.37. The van der Waals surface area contributed by atoms with Gasteiger partial charge in [0, 0.05) is 33.3 Å². The molecule has 1 fully saturated rings. The van der Waals surface area contributed by atoms with Crippen molar-refractivity contribution in [1.29, 1.82) is 0 Å². The highest BCUT2D eigenvalue weighted by atomic mass is 19.1. The molecule has 3 aromatic rings. The second-order valence-corrected chi connectivity index (χ2v) is 7.04. The Hall–Kier alpha value is -2.84. The normalized spacial score (nSPS) is 16.1. The molecule has 0 spiro atoms. The average Bonchev–Trinajstić information content (AvgIpc) is 3.22. The number of piperazine rings is 1. The second kappa shape index (κ2) is 9.11. The molecule has 0 amide bonds. The molecule has 1 aliphatic heterocycles. The number of benzene rings is 2.